The SMILES string of the molecule is COc1ccc(C2CN(Cc3ccccc3)CC2C(=O)O)cc1OC. The van der Waals surface area contributed by atoms with E-state index in [0.717, 1.165) is 12.1 Å². The van der Waals surface area contributed by atoms with Crippen molar-refractivity contribution in [1.29, 1.82) is 0 Å². The fraction of sp³-hybridized carbons (Fsp3) is 0.350. The summed E-state index contributed by atoms with van der Waals surface area (Å²) in [4.78, 5) is 14.0. The molecule has 132 valence electrons. The van der Waals surface area contributed by atoms with E-state index in [1.807, 2.05) is 36.4 Å². The molecule has 0 aliphatic carbocycles. The third-order valence-corrected chi connectivity index (χ3v) is 4.80. The molecule has 1 aliphatic rings. The summed E-state index contributed by atoms with van der Waals surface area (Å²) in [7, 11) is 3.18. The summed E-state index contributed by atoms with van der Waals surface area (Å²) in [5.74, 6) is 0.0288. The van der Waals surface area contributed by atoms with Crippen molar-refractivity contribution < 1.29 is 19.4 Å². The van der Waals surface area contributed by atoms with Gasteiger partial charge in [-0.1, -0.05) is 36.4 Å². The molecule has 1 N–H and O–H groups in total. The Morgan fingerprint density at radius 3 is 2.44 bits per heavy atom. The molecule has 5 nitrogen and oxygen atoms in total. The third kappa shape index (κ3) is 3.77. The summed E-state index contributed by atoms with van der Waals surface area (Å²) in [5.41, 5.74) is 2.17. The molecule has 2 aromatic rings. The summed E-state index contributed by atoms with van der Waals surface area (Å²) in [5, 5.41) is 9.67. The molecule has 0 spiro atoms. The molecule has 1 aliphatic heterocycles. The average Bonchev–Trinajstić information content (AvgIpc) is 3.06. The number of likely N-dealkylation sites (tertiary alicyclic amines) is 1. The average molecular weight is 341 g/mol. The number of benzene rings is 2. The molecular formula is C20H23NO4. The van der Waals surface area contributed by atoms with Crippen molar-refractivity contribution in [3.8, 4) is 11.5 Å². The monoisotopic (exact) mass is 341 g/mol. The van der Waals surface area contributed by atoms with Crippen LogP contribution in [0.1, 0.15) is 17.0 Å². The van der Waals surface area contributed by atoms with Crippen molar-refractivity contribution in [2.75, 3.05) is 27.3 Å². The Kier molecular flexibility index (Phi) is 5.24. The summed E-state index contributed by atoms with van der Waals surface area (Å²) in [6.45, 7) is 2.01. The fourth-order valence-corrected chi connectivity index (χ4v) is 3.53. The predicted molar refractivity (Wildman–Crippen MR) is 95.1 cm³/mol. The molecule has 2 unspecified atom stereocenters. The second-order valence-electron chi connectivity index (χ2n) is 6.35. The van der Waals surface area contributed by atoms with Gasteiger partial charge in [-0.15, -0.1) is 0 Å². The summed E-state index contributed by atoms with van der Waals surface area (Å²) >= 11 is 0. The Morgan fingerprint density at radius 2 is 1.80 bits per heavy atom. The van der Waals surface area contributed by atoms with Crippen LogP contribution in [0.5, 0.6) is 11.5 Å². The van der Waals surface area contributed by atoms with Gasteiger partial charge in [-0.25, -0.2) is 0 Å². The molecule has 0 amide bonds. The zero-order valence-electron chi connectivity index (χ0n) is 14.5. The number of carboxylic acid groups (broad SMARTS) is 1. The van der Waals surface area contributed by atoms with Crippen LogP contribution in [-0.2, 0) is 11.3 Å². The highest BCUT2D eigenvalue weighted by atomic mass is 16.5. The first-order valence-corrected chi connectivity index (χ1v) is 8.33. The van der Waals surface area contributed by atoms with Gasteiger partial charge in [0.1, 0.15) is 0 Å². The van der Waals surface area contributed by atoms with E-state index in [1.54, 1.807) is 14.2 Å². The molecule has 2 atom stereocenters. The molecule has 1 saturated heterocycles. The molecule has 1 heterocycles. The Hall–Kier alpha value is -2.53. The van der Waals surface area contributed by atoms with E-state index in [2.05, 4.69) is 17.0 Å². The predicted octanol–water partition coefficient (Wildman–Crippen LogP) is 3.00. The lowest BCUT2D eigenvalue weighted by Crippen LogP contribution is -2.23. The number of carboxylic acids is 1. The van der Waals surface area contributed by atoms with Gasteiger partial charge in [-0.3, -0.25) is 9.69 Å². The van der Waals surface area contributed by atoms with Crippen molar-refractivity contribution in [3.63, 3.8) is 0 Å². The van der Waals surface area contributed by atoms with Crippen LogP contribution in [0.25, 0.3) is 0 Å². The van der Waals surface area contributed by atoms with Crippen LogP contribution in [0.4, 0.5) is 0 Å². The zero-order chi connectivity index (χ0) is 17.8. The molecule has 2 aromatic carbocycles. The van der Waals surface area contributed by atoms with E-state index < -0.39 is 11.9 Å². The van der Waals surface area contributed by atoms with Crippen LogP contribution >= 0.6 is 0 Å². The number of ether oxygens (including phenoxy) is 2. The lowest BCUT2D eigenvalue weighted by molar-refractivity contribution is -0.141. The van der Waals surface area contributed by atoms with Gasteiger partial charge < -0.3 is 14.6 Å². The first-order chi connectivity index (χ1) is 12.1. The highest BCUT2D eigenvalue weighted by molar-refractivity contribution is 5.72. The number of nitrogens with zero attached hydrogens (tertiary/aromatic N) is 1. The highest BCUT2D eigenvalue weighted by Crippen LogP contribution is 2.37. The van der Waals surface area contributed by atoms with Crippen molar-refractivity contribution in [2.45, 2.75) is 12.5 Å². The van der Waals surface area contributed by atoms with E-state index in [9.17, 15) is 9.90 Å². The fourth-order valence-electron chi connectivity index (χ4n) is 3.53. The second kappa shape index (κ2) is 7.57. The van der Waals surface area contributed by atoms with E-state index in [1.165, 1.54) is 5.56 Å². The van der Waals surface area contributed by atoms with Crippen LogP contribution in [0.3, 0.4) is 0 Å². The van der Waals surface area contributed by atoms with Gasteiger partial charge in [0.05, 0.1) is 20.1 Å². The zero-order valence-corrected chi connectivity index (χ0v) is 14.5. The number of hydrogen-bond acceptors (Lipinski definition) is 4. The van der Waals surface area contributed by atoms with Crippen LogP contribution in [-0.4, -0.2) is 43.3 Å². The first-order valence-electron chi connectivity index (χ1n) is 8.33. The maximum atomic E-state index is 11.8. The number of carbonyl (C=O) groups is 1. The molecule has 0 bridgehead atoms. The second-order valence-corrected chi connectivity index (χ2v) is 6.35. The lowest BCUT2D eigenvalue weighted by atomic mass is 9.89. The molecule has 1 fully saturated rings. The van der Waals surface area contributed by atoms with E-state index in [-0.39, 0.29) is 5.92 Å². The number of hydrogen-bond donors (Lipinski definition) is 1. The molecule has 0 aromatic heterocycles. The quantitative estimate of drug-likeness (QED) is 0.875. The largest absolute Gasteiger partial charge is 0.493 e. The normalized spacial score (nSPS) is 20.4. The molecule has 0 radical (unpaired) electrons. The van der Waals surface area contributed by atoms with Gasteiger partial charge >= 0.3 is 5.97 Å². The standard InChI is InChI=1S/C20H23NO4/c1-24-18-9-8-15(10-19(18)25-2)16-12-21(13-17(16)20(22)23)11-14-6-4-3-5-7-14/h3-10,16-17H,11-13H2,1-2H3,(H,22,23). The van der Waals surface area contributed by atoms with Crippen LogP contribution in [0.2, 0.25) is 0 Å². The Bertz CT molecular complexity index is 732. The Labute approximate surface area is 147 Å². The molecule has 25 heavy (non-hydrogen) atoms. The molecule has 0 saturated carbocycles. The topological polar surface area (TPSA) is 59.0 Å². The summed E-state index contributed by atoms with van der Waals surface area (Å²) in [6.07, 6.45) is 0. The van der Waals surface area contributed by atoms with Gasteiger partial charge in [-0.2, -0.15) is 0 Å². The highest BCUT2D eigenvalue weighted by Gasteiger charge is 2.38. The van der Waals surface area contributed by atoms with E-state index in [0.29, 0.717) is 24.6 Å². The van der Waals surface area contributed by atoms with Crippen molar-refractivity contribution >= 4 is 5.97 Å². The van der Waals surface area contributed by atoms with Crippen molar-refractivity contribution in [3.05, 3.63) is 59.7 Å². The number of aliphatic carboxylic acids is 1. The number of methoxy groups -OCH3 is 2. The van der Waals surface area contributed by atoms with Crippen LogP contribution in [0, 0.1) is 5.92 Å². The minimum atomic E-state index is -0.754. The van der Waals surface area contributed by atoms with Gasteiger partial charge in [0.25, 0.3) is 0 Å². The van der Waals surface area contributed by atoms with Crippen molar-refractivity contribution in [2.24, 2.45) is 5.92 Å². The maximum absolute atomic E-state index is 11.8. The smallest absolute Gasteiger partial charge is 0.308 e. The minimum absolute atomic E-state index is 0.0685. The summed E-state index contributed by atoms with van der Waals surface area (Å²) in [6, 6.07) is 15.8. The molecular weight excluding hydrogens is 318 g/mol. The van der Waals surface area contributed by atoms with Crippen LogP contribution < -0.4 is 9.47 Å². The first kappa shape index (κ1) is 17.3. The van der Waals surface area contributed by atoms with E-state index >= 15 is 0 Å². The molecule has 5 heteroatoms. The summed E-state index contributed by atoms with van der Waals surface area (Å²) < 4.78 is 10.6. The minimum Gasteiger partial charge on any atom is -0.493 e. The molecule has 3 rings (SSSR count). The van der Waals surface area contributed by atoms with Gasteiger partial charge in [0.2, 0.25) is 0 Å². The van der Waals surface area contributed by atoms with Gasteiger partial charge in [0, 0.05) is 25.6 Å². The van der Waals surface area contributed by atoms with Crippen LogP contribution in [0.15, 0.2) is 48.5 Å². The van der Waals surface area contributed by atoms with E-state index in [4.69, 9.17) is 9.47 Å². The Morgan fingerprint density at radius 1 is 1.08 bits per heavy atom. The lowest BCUT2D eigenvalue weighted by Gasteiger charge is -2.18. The van der Waals surface area contributed by atoms with Gasteiger partial charge in [-0.05, 0) is 23.3 Å². The van der Waals surface area contributed by atoms with Gasteiger partial charge in [0.15, 0.2) is 11.5 Å². The number of rotatable bonds is 6. The Balaban J connectivity index is 1.83. The van der Waals surface area contributed by atoms with Crippen molar-refractivity contribution in [1.82, 2.24) is 4.90 Å². The maximum Gasteiger partial charge on any atom is 0.308 e. The third-order valence-electron chi connectivity index (χ3n) is 4.80.